The van der Waals surface area contributed by atoms with Crippen molar-refractivity contribution in [3.8, 4) is 0 Å². The van der Waals surface area contributed by atoms with Crippen molar-refractivity contribution in [2.24, 2.45) is 0 Å². The zero-order valence-electron chi connectivity index (χ0n) is 11.1. The van der Waals surface area contributed by atoms with Gasteiger partial charge in [-0.1, -0.05) is 37.3 Å². The zero-order chi connectivity index (χ0) is 12.4. The number of piperidine rings is 1. The van der Waals surface area contributed by atoms with Gasteiger partial charge in [0.05, 0.1) is 12.2 Å². The fraction of sp³-hybridized carbons (Fsp3) is 0.625. The number of nitrogens with one attached hydrogen (secondary N) is 1. The second-order valence-corrected chi connectivity index (χ2v) is 5.67. The molecular weight excluding hydrogens is 222 g/mol. The minimum Gasteiger partial charge on any atom is -0.370 e. The van der Waals surface area contributed by atoms with E-state index < -0.39 is 0 Å². The van der Waals surface area contributed by atoms with Gasteiger partial charge in [0.1, 0.15) is 0 Å². The van der Waals surface area contributed by atoms with Crippen LogP contribution >= 0.6 is 0 Å². The maximum absolute atomic E-state index is 6.37. The number of hydrogen-bond acceptors (Lipinski definition) is 2. The average molecular weight is 245 g/mol. The fourth-order valence-electron chi connectivity index (χ4n) is 3.43. The van der Waals surface area contributed by atoms with Gasteiger partial charge in [0.15, 0.2) is 0 Å². The van der Waals surface area contributed by atoms with Gasteiger partial charge in [0, 0.05) is 12.1 Å². The van der Waals surface area contributed by atoms with Crippen LogP contribution in [0.5, 0.6) is 0 Å². The fourth-order valence-corrected chi connectivity index (χ4v) is 3.43. The number of benzene rings is 1. The standard InChI is InChI=1S/C16H23NO/c1-2-16(12-6-4-3-5-7-12)18-15-10-13-8-9-14(11-15)17-13/h3-7,13-17H,2,8-11H2,1H3/t13-,14+,15?,16?. The summed E-state index contributed by atoms with van der Waals surface area (Å²) in [6.07, 6.45) is 6.85. The van der Waals surface area contributed by atoms with Gasteiger partial charge in [0.25, 0.3) is 0 Å². The van der Waals surface area contributed by atoms with Crippen LogP contribution in [0.3, 0.4) is 0 Å². The van der Waals surface area contributed by atoms with E-state index in [1.54, 1.807) is 0 Å². The molecule has 0 amide bonds. The molecule has 0 aromatic heterocycles. The molecule has 2 unspecified atom stereocenters. The molecule has 2 bridgehead atoms. The van der Waals surface area contributed by atoms with E-state index in [1.807, 2.05) is 0 Å². The molecule has 1 aromatic rings. The second kappa shape index (κ2) is 5.41. The molecule has 1 aromatic carbocycles. The Kier molecular flexibility index (Phi) is 3.67. The predicted octanol–water partition coefficient (Wildman–Crippen LogP) is 3.44. The van der Waals surface area contributed by atoms with Gasteiger partial charge >= 0.3 is 0 Å². The van der Waals surface area contributed by atoms with Crippen LogP contribution < -0.4 is 5.32 Å². The van der Waals surface area contributed by atoms with Gasteiger partial charge in [-0.2, -0.15) is 0 Å². The van der Waals surface area contributed by atoms with E-state index in [9.17, 15) is 0 Å². The number of rotatable bonds is 4. The molecule has 2 saturated heterocycles. The normalized spacial score (nSPS) is 32.4. The van der Waals surface area contributed by atoms with E-state index in [4.69, 9.17) is 4.74 Å². The SMILES string of the molecule is CCC(OC1C[C@H]2CC[C@@H](C1)N2)c1ccccc1. The third-order valence-corrected chi connectivity index (χ3v) is 4.33. The summed E-state index contributed by atoms with van der Waals surface area (Å²) in [7, 11) is 0. The molecule has 2 fully saturated rings. The van der Waals surface area contributed by atoms with E-state index in [1.165, 1.54) is 31.2 Å². The lowest BCUT2D eigenvalue weighted by molar-refractivity contribution is -0.0384. The van der Waals surface area contributed by atoms with E-state index in [2.05, 4.69) is 42.6 Å². The van der Waals surface area contributed by atoms with Crippen molar-refractivity contribution < 1.29 is 4.74 Å². The Morgan fingerprint density at radius 2 is 1.83 bits per heavy atom. The third kappa shape index (κ3) is 2.60. The summed E-state index contributed by atoms with van der Waals surface area (Å²) in [6, 6.07) is 12.1. The molecule has 0 spiro atoms. The Morgan fingerprint density at radius 3 is 2.44 bits per heavy atom. The van der Waals surface area contributed by atoms with Crippen molar-refractivity contribution in [2.45, 2.75) is 63.3 Å². The molecule has 0 saturated carbocycles. The summed E-state index contributed by atoms with van der Waals surface area (Å²) in [5, 5.41) is 3.67. The number of ether oxygens (including phenoxy) is 1. The molecule has 2 nitrogen and oxygen atoms in total. The van der Waals surface area contributed by atoms with Crippen molar-refractivity contribution in [1.29, 1.82) is 0 Å². The second-order valence-electron chi connectivity index (χ2n) is 5.67. The highest BCUT2D eigenvalue weighted by atomic mass is 16.5. The van der Waals surface area contributed by atoms with Crippen LogP contribution in [0.4, 0.5) is 0 Å². The van der Waals surface area contributed by atoms with Gasteiger partial charge in [-0.15, -0.1) is 0 Å². The molecule has 2 heteroatoms. The van der Waals surface area contributed by atoms with Gasteiger partial charge in [-0.05, 0) is 37.7 Å². The van der Waals surface area contributed by atoms with Crippen molar-refractivity contribution in [3.05, 3.63) is 35.9 Å². The van der Waals surface area contributed by atoms with E-state index in [0.29, 0.717) is 18.2 Å². The van der Waals surface area contributed by atoms with Crippen LogP contribution in [-0.4, -0.2) is 18.2 Å². The minimum atomic E-state index is 0.272. The molecule has 98 valence electrons. The largest absolute Gasteiger partial charge is 0.370 e. The van der Waals surface area contributed by atoms with Gasteiger partial charge in [-0.3, -0.25) is 0 Å². The van der Waals surface area contributed by atoms with Crippen LogP contribution in [0.2, 0.25) is 0 Å². The first-order valence-corrected chi connectivity index (χ1v) is 7.31. The summed E-state index contributed by atoms with van der Waals surface area (Å²) in [5.41, 5.74) is 1.32. The van der Waals surface area contributed by atoms with E-state index in [0.717, 1.165) is 6.42 Å². The van der Waals surface area contributed by atoms with Crippen molar-refractivity contribution in [1.82, 2.24) is 5.32 Å². The molecule has 2 aliphatic rings. The predicted molar refractivity (Wildman–Crippen MR) is 73.5 cm³/mol. The Morgan fingerprint density at radius 1 is 1.17 bits per heavy atom. The van der Waals surface area contributed by atoms with E-state index >= 15 is 0 Å². The van der Waals surface area contributed by atoms with Gasteiger partial charge in [0.2, 0.25) is 0 Å². The highest BCUT2D eigenvalue weighted by Gasteiger charge is 2.34. The van der Waals surface area contributed by atoms with Crippen LogP contribution in [0, 0.1) is 0 Å². The summed E-state index contributed by atoms with van der Waals surface area (Å²) in [5.74, 6) is 0. The highest BCUT2D eigenvalue weighted by molar-refractivity contribution is 5.17. The van der Waals surface area contributed by atoms with Crippen LogP contribution in [0.1, 0.15) is 50.7 Å². The maximum Gasteiger partial charge on any atom is 0.0826 e. The van der Waals surface area contributed by atoms with Crippen molar-refractivity contribution in [3.63, 3.8) is 0 Å². The lowest BCUT2D eigenvalue weighted by Crippen LogP contribution is -2.41. The first-order chi connectivity index (χ1) is 8.85. The molecule has 0 aliphatic carbocycles. The molecule has 4 atom stereocenters. The lowest BCUT2D eigenvalue weighted by Gasteiger charge is -2.32. The zero-order valence-corrected chi connectivity index (χ0v) is 11.1. The molecule has 2 aliphatic heterocycles. The van der Waals surface area contributed by atoms with Gasteiger partial charge < -0.3 is 10.1 Å². The quantitative estimate of drug-likeness (QED) is 0.877. The summed E-state index contributed by atoms with van der Waals surface area (Å²) < 4.78 is 6.37. The molecule has 1 N–H and O–H groups in total. The first kappa shape index (κ1) is 12.2. The van der Waals surface area contributed by atoms with Crippen LogP contribution in [-0.2, 0) is 4.74 Å². The van der Waals surface area contributed by atoms with E-state index in [-0.39, 0.29) is 6.10 Å². The Labute approximate surface area is 110 Å². The number of hydrogen-bond donors (Lipinski definition) is 1. The average Bonchev–Trinajstić information content (AvgIpc) is 2.76. The summed E-state index contributed by atoms with van der Waals surface area (Å²) >= 11 is 0. The molecule has 18 heavy (non-hydrogen) atoms. The monoisotopic (exact) mass is 245 g/mol. The first-order valence-electron chi connectivity index (χ1n) is 7.31. The van der Waals surface area contributed by atoms with Crippen molar-refractivity contribution in [2.75, 3.05) is 0 Å². The number of fused-ring (bicyclic) bond motifs is 2. The highest BCUT2D eigenvalue weighted by Crippen LogP contribution is 2.32. The Bertz CT molecular complexity index is 366. The molecule has 3 rings (SSSR count). The van der Waals surface area contributed by atoms with Crippen LogP contribution in [0.15, 0.2) is 30.3 Å². The molecular formula is C16H23NO. The van der Waals surface area contributed by atoms with Crippen LogP contribution in [0.25, 0.3) is 0 Å². The lowest BCUT2D eigenvalue weighted by atomic mass is 10.0. The maximum atomic E-state index is 6.37. The summed E-state index contributed by atoms with van der Waals surface area (Å²) in [4.78, 5) is 0. The Hall–Kier alpha value is -0.860. The Balaban J connectivity index is 1.64. The third-order valence-electron chi connectivity index (χ3n) is 4.33. The molecule has 0 radical (unpaired) electrons. The molecule has 2 heterocycles. The smallest absolute Gasteiger partial charge is 0.0826 e. The minimum absolute atomic E-state index is 0.272. The van der Waals surface area contributed by atoms with Gasteiger partial charge in [-0.25, -0.2) is 0 Å². The summed E-state index contributed by atoms with van der Waals surface area (Å²) in [6.45, 7) is 2.22. The van der Waals surface area contributed by atoms with Crippen molar-refractivity contribution >= 4 is 0 Å². The topological polar surface area (TPSA) is 21.3 Å².